The largest absolute Gasteiger partial charge is 0.396 e. The molecule has 2 bridgehead atoms. The minimum absolute atomic E-state index is 0.356. The summed E-state index contributed by atoms with van der Waals surface area (Å²) < 4.78 is 0. The fourth-order valence-electron chi connectivity index (χ4n) is 3.53. The molecule has 0 unspecified atom stereocenters. The van der Waals surface area contributed by atoms with Gasteiger partial charge in [-0.25, -0.2) is 0 Å². The second-order valence-corrected chi connectivity index (χ2v) is 5.35. The third-order valence-corrected chi connectivity index (χ3v) is 4.64. The van der Waals surface area contributed by atoms with Gasteiger partial charge in [-0.05, 0) is 43.1 Å². The van der Waals surface area contributed by atoms with Gasteiger partial charge in [0.1, 0.15) is 0 Å². The van der Waals surface area contributed by atoms with Crippen LogP contribution in [0.2, 0.25) is 0 Å². The summed E-state index contributed by atoms with van der Waals surface area (Å²) in [6, 6.07) is 0.546. The fourth-order valence-corrected chi connectivity index (χ4v) is 3.53. The third-order valence-electron chi connectivity index (χ3n) is 4.64. The van der Waals surface area contributed by atoms with E-state index < -0.39 is 0 Å². The lowest BCUT2D eigenvalue weighted by atomic mass is 9.45. The van der Waals surface area contributed by atoms with Gasteiger partial charge in [0.05, 0.1) is 0 Å². The van der Waals surface area contributed by atoms with Crippen molar-refractivity contribution in [3.8, 4) is 0 Å². The van der Waals surface area contributed by atoms with Crippen LogP contribution in [-0.4, -0.2) is 24.8 Å². The molecule has 3 rings (SSSR count). The Morgan fingerprint density at radius 1 is 1.38 bits per heavy atom. The van der Waals surface area contributed by atoms with Crippen molar-refractivity contribution in [2.24, 2.45) is 23.2 Å². The van der Waals surface area contributed by atoms with Crippen LogP contribution in [0.25, 0.3) is 0 Å². The van der Waals surface area contributed by atoms with Gasteiger partial charge in [0.25, 0.3) is 0 Å². The van der Waals surface area contributed by atoms with Crippen LogP contribution in [0.15, 0.2) is 0 Å². The maximum absolute atomic E-state index is 9.26. The Bertz CT molecular complexity index is 202. The van der Waals surface area contributed by atoms with Gasteiger partial charge in [0, 0.05) is 12.6 Å². The molecular weight excluding hydrogens is 162 g/mol. The number of hydrogen-bond donors (Lipinski definition) is 2. The molecule has 0 aromatic heterocycles. The molecule has 2 N–H and O–H groups in total. The molecule has 0 aromatic rings. The van der Waals surface area contributed by atoms with Crippen molar-refractivity contribution in [3.63, 3.8) is 0 Å². The smallest absolute Gasteiger partial charge is 0.0474 e. The summed E-state index contributed by atoms with van der Waals surface area (Å²) in [6.45, 7) is 5.11. The van der Waals surface area contributed by atoms with Crippen molar-refractivity contribution in [2.75, 3.05) is 13.7 Å². The Kier molecular flexibility index (Phi) is 2.16. The van der Waals surface area contributed by atoms with Crippen LogP contribution in [0.4, 0.5) is 0 Å². The van der Waals surface area contributed by atoms with Gasteiger partial charge in [-0.1, -0.05) is 13.8 Å². The lowest BCUT2D eigenvalue weighted by Crippen LogP contribution is -2.62. The highest BCUT2D eigenvalue weighted by atomic mass is 16.3. The fraction of sp³-hybridized carbons (Fsp3) is 1.00. The number of rotatable bonds is 2. The monoisotopic (exact) mass is 183 g/mol. The van der Waals surface area contributed by atoms with Gasteiger partial charge in [-0.2, -0.15) is 0 Å². The lowest BCUT2D eigenvalue weighted by molar-refractivity contribution is -0.120. The minimum atomic E-state index is 0.356. The summed E-state index contributed by atoms with van der Waals surface area (Å²) in [6.07, 6.45) is 2.58. The zero-order valence-electron chi connectivity index (χ0n) is 8.88. The second kappa shape index (κ2) is 2.96. The summed E-state index contributed by atoms with van der Waals surface area (Å²) in [4.78, 5) is 0. The molecule has 3 saturated carbocycles. The van der Waals surface area contributed by atoms with Gasteiger partial charge >= 0.3 is 0 Å². The molecule has 3 aliphatic rings. The average molecular weight is 183 g/mol. The topological polar surface area (TPSA) is 32.3 Å². The Balaban J connectivity index is 2.13. The van der Waals surface area contributed by atoms with E-state index in [1.54, 1.807) is 0 Å². The molecule has 0 spiro atoms. The normalized spacial score (nSPS) is 47.1. The molecule has 13 heavy (non-hydrogen) atoms. The highest BCUT2D eigenvalue weighted by Crippen LogP contribution is 2.60. The van der Waals surface area contributed by atoms with Crippen LogP contribution >= 0.6 is 0 Å². The van der Waals surface area contributed by atoms with Crippen LogP contribution in [0.1, 0.15) is 26.7 Å². The molecule has 2 heteroatoms. The van der Waals surface area contributed by atoms with E-state index in [-0.39, 0.29) is 0 Å². The SMILES string of the molecule is CN[C@@H]1[C@@H](CO)C[C@@H]2C[C@@H]1C2(C)C. The van der Waals surface area contributed by atoms with Crippen LogP contribution < -0.4 is 5.32 Å². The van der Waals surface area contributed by atoms with Crippen LogP contribution in [0, 0.1) is 23.2 Å². The van der Waals surface area contributed by atoms with Gasteiger partial charge in [0.15, 0.2) is 0 Å². The number of aliphatic hydroxyl groups is 1. The Morgan fingerprint density at radius 3 is 2.54 bits per heavy atom. The van der Waals surface area contributed by atoms with Crippen molar-refractivity contribution in [1.29, 1.82) is 0 Å². The van der Waals surface area contributed by atoms with Crippen molar-refractivity contribution in [3.05, 3.63) is 0 Å². The van der Waals surface area contributed by atoms with Gasteiger partial charge in [0.2, 0.25) is 0 Å². The Hall–Kier alpha value is -0.0800. The zero-order chi connectivity index (χ0) is 9.64. The van der Waals surface area contributed by atoms with Crippen molar-refractivity contribution < 1.29 is 5.11 Å². The van der Waals surface area contributed by atoms with Crippen molar-refractivity contribution in [2.45, 2.75) is 32.7 Å². The summed E-state index contributed by atoms with van der Waals surface area (Å²) in [7, 11) is 2.03. The van der Waals surface area contributed by atoms with Crippen LogP contribution in [-0.2, 0) is 0 Å². The van der Waals surface area contributed by atoms with Crippen LogP contribution in [0.3, 0.4) is 0 Å². The first-order valence-electron chi connectivity index (χ1n) is 5.39. The molecule has 0 radical (unpaired) electrons. The second-order valence-electron chi connectivity index (χ2n) is 5.35. The van der Waals surface area contributed by atoms with Crippen LogP contribution in [0.5, 0.6) is 0 Å². The molecule has 2 nitrogen and oxygen atoms in total. The molecule has 0 amide bonds. The molecule has 4 atom stereocenters. The highest BCUT2D eigenvalue weighted by Gasteiger charge is 2.56. The standard InChI is InChI=1S/C11H21NO/c1-11(2)8-4-7(6-13)10(12-3)9(11)5-8/h7-10,12-13H,4-6H2,1-3H3/t7-,8-,9+,10-/m1/s1. The molecule has 0 heterocycles. The number of nitrogens with one attached hydrogen (secondary N) is 1. The zero-order valence-corrected chi connectivity index (χ0v) is 8.88. The molecule has 3 aliphatic carbocycles. The average Bonchev–Trinajstić information content (AvgIpc) is 2.16. The van der Waals surface area contributed by atoms with Gasteiger partial charge in [-0.15, -0.1) is 0 Å². The predicted octanol–water partition coefficient (Wildman–Crippen LogP) is 1.25. The first-order chi connectivity index (χ1) is 6.11. The summed E-state index contributed by atoms with van der Waals surface area (Å²) in [5.41, 5.74) is 0.513. The molecule has 76 valence electrons. The maximum Gasteiger partial charge on any atom is 0.0474 e. The first-order valence-corrected chi connectivity index (χ1v) is 5.39. The lowest BCUT2D eigenvalue weighted by Gasteiger charge is -2.62. The molecule has 0 saturated heterocycles. The van der Waals surface area contributed by atoms with E-state index in [9.17, 15) is 5.11 Å². The number of aliphatic hydroxyl groups excluding tert-OH is 1. The molecule has 0 aliphatic heterocycles. The molecule has 0 aromatic carbocycles. The first kappa shape index (κ1) is 9.47. The van der Waals surface area contributed by atoms with E-state index in [0.29, 0.717) is 24.0 Å². The maximum atomic E-state index is 9.26. The van der Waals surface area contributed by atoms with E-state index in [0.717, 1.165) is 11.8 Å². The van der Waals surface area contributed by atoms with Gasteiger partial charge in [-0.3, -0.25) is 0 Å². The molecule has 3 fully saturated rings. The minimum Gasteiger partial charge on any atom is -0.396 e. The van der Waals surface area contributed by atoms with E-state index in [1.807, 2.05) is 7.05 Å². The summed E-state index contributed by atoms with van der Waals surface area (Å²) in [5.74, 6) is 2.15. The number of hydrogen-bond acceptors (Lipinski definition) is 2. The predicted molar refractivity (Wildman–Crippen MR) is 53.4 cm³/mol. The van der Waals surface area contributed by atoms with Crippen molar-refractivity contribution in [1.82, 2.24) is 5.32 Å². The quantitative estimate of drug-likeness (QED) is 0.675. The Morgan fingerprint density at radius 2 is 2.08 bits per heavy atom. The molecular formula is C11H21NO. The summed E-state index contributed by atoms with van der Waals surface area (Å²) in [5, 5.41) is 12.6. The summed E-state index contributed by atoms with van der Waals surface area (Å²) >= 11 is 0. The Labute approximate surface area is 80.7 Å². The number of fused-ring (bicyclic) bond motifs is 2. The third kappa shape index (κ3) is 1.15. The van der Waals surface area contributed by atoms with E-state index in [2.05, 4.69) is 19.2 Å². The van der Waals surface area contributed by atoms with Crippen molar-refractivity contribution >= 4 is 0 Å². The van der Waals surface area contributed by atoms with Gasteiger partial charge < -0.3 is 10.4 Å². The van der Waals surface area contributed by atoms with E-state index in [4.69, 9.17) is 0 Å². The van der Waals surface area contributed by atoms with E-state index in [1.165, 1.54) is 12.8 Å². The van der Waals surface area contributed by atoms with E-state index >= 15 is 0 Å². The highest BCUT2D eigenvalue weighted by molar-refractivity contribution is 5.08.